The summed E-state index contributed by atoms with van der Waals surface area (Å²) >= 11 is 0. The normalized spacial score (nSPS) is 28.9. The number of esters is 1. The monoisotopic (exact) mass is 318 g/mol. The van der Waals surface area contributed by atoms with Gasteiger partial charge in [0, 0.05) is 12.8 Å². The molecular weight excluding hydrogens is 290 g/mol. The fraction of sp³-hybridized carbons (Fsp3) is 0.632. The molecule has 2 aliphatic rings. The Morgan fingerprint density at radius 3 is 2.30 bits per heavy atom. The first-order chi connectivity index (χ1) is 11.0. The predicted molar refractivity (Wildman–Crippen MR) is 89.6 cm³/mol. The van der Waals surface area contributed by atoms with Crippen LogP contribution in [0.25, 0.3) is 0 Å². The molecule has 2 fully saturated rings. The lowest BCUT2D eigenvalue weighted by Crippen LogP contribution is -2.63. The third-order valence-electron chi connectivity index (χ3n) is 5.70. The maximum absolute atomic E-state index is 12.4. The Bertz CT molecular complexity index is 536. The van der Waals surface area contributed by atoms with Gasteiger partial charge in [-0.25, -0.2) is 4.79 Å². The average molecular weight is 318 g/mol. The zero-order valence-corrected chi connectivity index (χ0v) is 14.5. The van der Waals surface area contributed by atoms with E-state index in [1.807, 2.05) is 19.1 Å². The van der Waals surface area contributed by atoms with Gasteiger partial charge in [0.2, 0.25) is 0 Å². The smallest absolute Gasteiger partial charge is 0.338 e. The second kappa shape index (κ2) is 6.52. The van der Waals surface area contributed by atoms with Crippen molar-refractivity contribution >= 4 is 5.97 Å². The highest BCUT2D eigenvalue weighted by Crippen LogP contribution is 2.38. The Morgan fingerprint density at radius 2 is 1.74 bits per heavy atom. The van der Waals surface area contributed by atoms with Crippen LogP contribution < -0.4 is 4.74 Å². The van der Waals surface area contributed by atoms with Gasteiger partial charge < -0.3 is 14.0 Å². The van der Waals surface area contributed by atoms with Gasteiger partial charge >= 0.3 is 5.97 Å². The lowest BCUT2D eigenvalue weighted by molar-refractivity contribution is -0.950. The van der Waals surface area contributed by atoms with E-state index in [4.69, 9.17) is 9.47 Å². The number of nitrogens with zero attached hydrogens (tertiary/aromatic N) is 1. The number of quaternary nitrogens is 1. The van der Waals surface area contributed by atoms with Crippen molar-refractivity contribution in [2.45, 2.75) is 57.2 Å². The number of ether oxygens (including phenoxy) is 2. The molecule has 0 spiro atoms. The molecule has 0 aromatic heterocycles. The molecule has 2 bridgehead atoms. The fourth-order valence-corrected chi connectivity index (χ4v) is 4.20. The van der Waals surface area contributed by atoms with Crippen LogP contribution in [0.1, 0.15) is 49.4 Å². The molecule has 2 atom stereocenters. The third-order valence-corrected chi connectivity index (χ3v) is 5.70. The minimum atomic E-state index is -0.205. The molecule has 2 aliphatic heterocycles. The SMILES string of the molecule is CCOc1ccc(C(=O)OC2C[C@@H]3CCC[C@@H](C2)[N+]3(C)C)cc1. The van der Waals surface area contributed by atoms with Gasteiger partial charge in [-0.2, -0.15) is 0 Å². The maximum Gasteiger partial charge on any atom is 0.338 e. The van der Waals surface area contributed by atoms with E-state index in [0.717, 1.165) is 23.1 Å². The fourth-order valence-electron chi connectivity index (χ4n) is 4.20. The van der Waals surface area contributed by atoms with Gasteiger partial charge in [0.15, 0.2) is 0 Å². The molecule has 0 N–H and O–H groups in total. The van der Waals surface area contributed by atoms with Crippen molar-refractivity contribution in [3.05, 3.63) is 29.8 Å². The summed E-state index contributed by atoms with van der Waals surface area (Å²) in [6, 6.07) is 8.49. The second-order valence-electron chi connectivity index (χ2n) is 7.32. The van der Waals surface area contributed by atoms with Crippen molar-refractivity contribution in [3.63, 3.8) is 0 Å². The van der Waals surface area contributed by atoms with Crippen molar-refractivity contribution < 1.29 is 18.8 Å². The first-order valence-corrected chi connectivity index (χ1v) is 8.78. The summed E-state index contributed by atoms with van der Waals surface area (Å²) in [5.74, 6) is 0.582. The molecule has 1 aromatic carbocycles. The number of fused-ring (bicyclic) bond motifs is 2. The standard InChI is InChI=1S/C19H28NO3/c1-4-22-17-10-8-14(9-11-17)19(21)23-18-12-15-6-5-7-16(13-18)20(15,2)3/h8-11,15-16,18H,4-7,12-13H2,1-3H3/q+1/t15-,16-/m0/s1. The van der Waals surface area contributed by atoms with Crippen molar-refractivity contribution in [1.29, 1.82) is 0 Å². The first kappa shape index (κ1) is 16.3. The molecule has 2 saturated heterocycles. The molecule has 0 saturated carbocycles. The van der Waals surface area contributed by atoms with Crippen LogP contribution in [0, 0.1) is 0 Å². The van der Waals surface area contributed by atoms with Crippen molar-refractivity contribution in [2.24, 2.45) is 0 Å². The highest BCUT2D eigenvalue weighted by Gasteiger charge is 2.47. The molecule has 0 aliphatic carbocycles. The van der Waals surface area contributed by atoms with E-state index < -0.39 is 0 Å². The lowest BCUT2D eigenvalue weighted by atomic mass is 9.81. The van der Waals surface area contributed by atoms with E-state index in [9.17, 15) is 4.79 Å². The van der Waals surface area contributed by atoms with Crippen LogP contribution in [0.3, 0.4) is 0 Å². The van der Waals surface area contributed by atoms with E-state index in [0.29, 0.717) is 24.3 Å². The van der Waals surface area contributed by atoms with Crippen LogP contribution in [0.15, 0.2) is 24.3 Å². The van der Waals surface area contributed by atoms with Crippen LogP contribution >= 0.6 is 0 Å². The van der Waals surface area contributed by atoms with E-state index in [-0.39, 0.29) is 12.1 Å². The molecule has 126 valence electrons. The van der Waals surface area contributed by atoms with E-state index >= 15 is 0 Å². The molecule has 0 unspecified atom stereocenters. The van der Waals surface area contributed by atoms with Gasteiger partial charge in [0.05, 0.1) is 38.3 Å². The van der Waals surface area contributed by atoms with Crippen molar-refractivity contribution in [1.82, 2.24) is 0 Å². The molecule has 1 aromatic rings. The van der Waals surface area contributed by atoms with E-state index in [1.54, 1.807) is 12.1 Å². The minimum Gasteiger partial charge on any atom is -0.494 e. The molecule has 3 rings (SSSR count). The Labute approximate surface area is 139 Å². The molecular formula is C19H28NO3+. The van der Waals surface area contributed by atoms with Crippen LogP contribution in [0.2, 0.25) is 0 Å². The number of rotatable bonds is 4. The summed E-state index contributed by atoms with van der Waals surface area (Å²) in [6.45, 7) is 2.57. The average Bonchev–Trinajstić information content (AvgIpc) is 2.49. The summed E-state index contributed by atoms with van der Waals surface area (Å²) in [7, 11) is 4.66. The minimum absolute atomic E-state index is 0.0653. The third kappa shape index (κ3) is 3.37. The van der Waals surface area contributed by atoms with Crippen LogP contribution in [0.5, 0.6) is 5.75 Å². The summed E-state index contributed by atoms with van der Waals surface area (Å²) in [5, 5.41) is 0. The van der Waals surface area contributed by atoms with Crippen LogP contribution in [-0.4, -0.2) is 49.3 Å². The lowest BCUT2D eigenvalue weighted by Gasteiger charge is -2.52. The van der Waals surface area contributed by atoms with Gasteiger partial charge in [-0.15, -0.1) is 0 Å². The van der Waals surface area contributed by atoms with E-state index in [1.165, 1.54) is 19.3 Å². The molecule has 4 heteroatoms. The molecule has 0 radical (unpaired) electrons. The number of piperidine rings is 2. The first-order valence-electron chi connectivity index (χ1n) is 8.78. The summed E-state index contributed by atoms with van der Waals surface area (Å²) in [4.78, 5) is 12.4. The maximum atomic E-state index is 12.4. The van der Waals surface area contributed by atoms with Crippen LogP contribution in [-0.2, 0) is 4.74 Å². The zero-order chi connectivity index (χ0) is 16.4. The summed E-state index contributed by atoms with van der Waals surface area (Å²) in [5.41, 5.74) is 0.609. The Morgan fingerprint density at radius 1 is 1.13 bits per heavy atom. The van der Waals surface area contributed by atoms with Crippen molar-refractivity contribution in [2.75, 3.05) is 20.7 Å². The largest absolute Gasteiger partial charge is 0.494 e. The topological polar surface area (TPSA) is 35.5 Å². The number of carbonyl (C=O) groups excluding carboxylic acids is 1. The number of hydrogen-bond acceptors (Lipinski definition) is 3. The Balaban J connectivity index is 1.62. The van der Waals surface area contributed by atoms with Gasteiger partial charge in [0.1, 0.15) is 11.9 Å². The zero-order valence-electron chi connectivity index (χ0n) is 14.5. The Hall–Kier alpha value is -1.55. The number of benzene rings is 1. The Kier molecular flexibility index (Phi) is 4.62. The summed E-state index contributed by atoms with van der Waals surface area (Å²) < 4.78 is 12.3. The molecule has 0 amide bonds. The number of hydrogen-bond donors (Lipinski definition) is 0. The highest BCUT2D eigenvalue weighted by molar-refractivity contribution is 5.89. The van der Waals surface area contributed by atoms with Gasteiger partial charge in [-0.3, -0.25) is 0 Å². The second-order valence-corrected chi connectivity index (χ2v) is 7.32. The highest BCUT2D eigenvalue weighted by atomic mass is 16.5. The van der Waals surface area contributed by atoms with Gasteiger partial charge in [-0.05, 0) is 50.5 Å². The summed E-state index contributed by atoms with van der Waals surface area (Å²) in [6.07, 6.45) is 5.87. The number of carbonyl (C=O) groups is 1. The van der Waals surface area contributed by atoms with E-state index in [2.05, 4.69) is 14.1 Å². The van der Waals surface area contributed by atoms with Gasteiger partial charge in [0.25, 0.3) is 0 Å². The van der Waals surface area contributed by atoms with Crippen LogP contribution in [0.4, 0.5) is 0 Å². The predicted octanol–water partition coefficient (Wildman–Crippen LogP) is 3.40. The molecule has 23 heavy (non-hydrogen) atoms. The van der Waals surface area contributed by atoms with Crippen molar-refractivity contribution in [3.8, 4) is 5.75 Å². The van der Waals surface area contributed by atoms with Gasteiger partial charge in [-0.1, -0.05) is 0 Å². The molecule has 2 heterocycles. The molecule has 4 nitrogen and oxygen atoms in total. The quantitative estimate of drug-likeness (QED) is 0.630.